The number of hydrogen-bond acceptors (Lipinski definition) is 4. The van der Waals surface area contributed by atoms with Gasteiger partial charge in [-0.15, -0.1) is 0 Å². The molecule has 154 valence electrons. The topological polar surface area (TPSA) is 38.8 Å². The molecule has 3 aromatic carbocycles. The number of nitrogens with one attached hydrogen (secondary N) is 1. The lowest BCUT2D eigenvalue weighted by Gasteiger charge is -2.36. The van der Waals surface area contributed by atoms with E-state index in [-0.39, 0.29) is 5.91 Å². The molecule has 1 fully saturated rings. The van der Waals surface area contributed by atoms with Crippen molar-refractivity contribution in [2.45, 2.75) is 6.42 Å². The first-order valence-corrected chi connectivity index (χ1v) is 10.5. The number of anilines is 3. The fourth-order valence-electron chi connectivity index (χ4n) is 3.74. The van der Waals surface area contributed by atoms with Gasteiger partial charge in [0.05, 0.1) is 11.4 Å². The molecule has 1 aliphatic rings. The van der Waals surface area contributed by atoms with Gasteiger partial charge in [-0.3, -0.25) is 20.1 Å². The zero-order valence-corrected chi connectivity index (χ0v) is 17.2. The zero-order valence-electron chi connectivity index (χ0n) is 17.2. The van der Waals surface area contributed by atoms with Crippen molar-refractivity contribution in [3.63, 3.8) is 0 Å². The Morgan fingerprint density at radius 2 is 1.23 bits per heavy atom. The monoisotopic (exact) mass is 400 g/mol. The van der Waals surface area contributed by atoms with Gasteiger partial charge in [-0.05, 0) is 36.4 Å². The van der Waals surface area contributed by atoms with E-state index >= 15 is 0 Å². The smallest absolute Gasteiger partial charge is 0.240 e. The van der Waals surface area contributed by atoms with E-state index in [9.17, 15) is 4.79 Å². The van der Waals surface area contributed by atoms with Gasteiger partial charge in [-0.25, -0.2) is 0 Å². The van der Waals surface area contributed by atoms with Gasteiger partial charge in [0.15, 0.2) is 0 Å². The first-order chi connectivity index (χ1) is 14.8. The second-order valence-electron chi connectivity index (χ2n) is 7.46. The van der Waals surface area contributed by atoms with E-state index in [4.69, 9.17) is 0 Å². The minimum atomic E-state index is 0.0215. The fraction of sp³-hybridized carbons (Fsp3) is 0.240. The number of para-hydroxylation sites is 3. The molecule has 1 aliphatic heterocycles. The summed E-state index contributed by atoms with van der Waals surface area (Å²) in [5.41, 5.74) is 6.23. The molecule has 1 saturated heterocycles. The van der Waals surface area contributed by atoms with Crippen molar-refractivity contribution in [2.75, 3.05) is 42.6 Å². The van der Waals surface area contributed by atoms with Gasteiger partial charge in [0.25, 0.3) is 0 Å². The van der Waals surface area contributed by atoms with E-state index < -0.39 is 0 Å². The number of carbonyl (C=O) groups excluding carboxylic acids is 1. The maximum absolute atomic E-state index is 12.7. The number of piperazine rings is 1. The van der Waals surface area contributed by atoms with Gasteiger partial charge in [0.1, 0.15) is 0 Å². The molecule has 0 bridgehead atoms. The number of rotatable bonds is 7. The number of amides is 1. The third-order valence-corrected chi connectivity index (χ3v) is 5.41. The molecule has 0 saturated carbocycles. The molecule has 0 aromatic heterocycles. The number of benzene rings is 3. The predicted molar refractivity (Wildman–Crippen MR) is 123 cm³/mol. The molecule has 1 heterocycles. The molecule has 30 heavy (non-hydrogen) atoms. The average Bonchev–Trinajstić information content (AvgIpc) is 2.83. The molecule has 0 aliphatic carbocycles. The Labute approximate surface area is 178 Å². The summed E-state index contributed by atoms with van der Waals surface area (Å²) in [5.74, 6) is 0.0215. The van der Waals surface area contributed by atoms with Gasteiger partial charge >= 0.3 is 0 Å². The molecular weight excluding hydrogens is 372 g/mol. The van der Waals surface area contributed by atoms with Crippen LogP contribution in [0.2, 0.25) is 0 Å². The van der Waals surface area contributed by atoms with Crippen LogP contribution in [-0.4, -0.2) is 43.5 Å². The van der Waals surface area contributed by atoms with Crippen LogP contribution in [0.5, 0.6) is 0 Å². The summed E-state index contributed by atoms with van der Waals surface area (Å²) in [6.45, 7) is 4.70. The standard InChI is InChI=1S/C25H28N4O/c30-25(16-17-27-18-20-28(21-19-27)22-10-4-1-5-11-22)26-29(23-12-6-2-7-13-23)24-14-8-3-9-15-24/h1-15H,16-21H2,(H,26,30). The van der Waals surface area contributed by atoms with E-state index in [1.54, 1.807) is 0 Å². The van der Waals surface area contributed by atoms with Gasteiger partial charge in [0.2, 0.25) is 5.91 Å². The summed E-state index contributed by atoms with van der Waals surface area (Å²) in [5, 5.41) is 1.86. The van der Waals surface area contributed by atoms with Crippen LogP contribution in [-0.2, 0) is 4.79 Å². The normalized spacial score (nSPS) is 14.3. The van der Waals surface area contributed by atoms with Crippen LogP contribution in [0, 0.1) is 0 Å². The van der Waals surface area contributed by atoms with Crippen LogP contribution in [0.4, 0.5) is 17.1 Å². The lowest BCUT2D eigenvalue weighted by molar-refractivity contribution is -0.121. The zero-order chi connectivity index (χ0) is 20.6. The van der Waals surface area contributed by atoms with Crippen molar-refractivity contribution in [1.82, 2.24) is 10.3 Å². The van der Waals surface area contributed by atoms with Crippen LogP contribution < -0.4 is 15.3 Å². The highest BCUT2D eigenvalue weighted by molar-refractivity contribution is 5.80. The summed E-state index contributed by atoms with van der Waals surface area (Å²) in [7, 11) is 0. The van der Waals surface area contributed by atoms with E-state index in [0.29, 0.717) is 6.42 Å². The van der Waals surface area contributed by atoms with Gasteiger partial charge in [0, 0.05) is 44.8 Å². The molecule has 5 heteroatoms. The maximum Gasteiger partial charge on any atom is 0.240 e. The Kier molecular flexibility index (Phi) is 6.62. The molecule has 5 nitrogen and oxygen atoms in total. The average molecular weight is 401 g/mol. The maximum atomic E-state index is 12.7. The molecule has 1 N–H and O–H groups in total. The van der Waals surface area contributed by atoms with Crippen LogP contribution >= 0.6 is 0 Å². The van der Waals surface area contributed by atoms with Gasteiger partial charge in [-0.2, -0.15) is 0 Å². The first-order valence-electron chi connectivity index (χ1n) is 10.5. The quantitative estimate of drug-likeness (QED) is 0.607. The summed E-state index contributed by atoms with van der Waals surface area (Å²) in [4.78, 5) is 17.5. The summed E-state index contributed by atoms with van der Waals surface area (Å²) in [6.07, 6.45) is 0.474. The van der Waals surface area contributed by atoms with Crippen molar-refractivity contribution in [3.8, 4) is 0 Å². The molecule has 0 unspecified atom stereocenters. The van der Waals surface area contributed by atoms with Crippen molar-refractivity contribution in [1.29, 1.82) is 0 Å². The fourth-order valence-corrected chi connectivity index (χ4v) is 3.74. The van der Waals surface area contributed by atoms with Crippen LogP contribution in [0.25, 0.3) is 0 Å². The summed E-state index contributed by atoms with van der Waals surface area (Å²) >= 11 is 0. The summed E-state index contributed by atoms with van der Waals surface area (Å²) < 4.78 is 0. The van der Waals surface area contributed by atoms with Crippen molar-refractivity contribution in [2.24, 2.45) is 0 Å². The second kappa shape index (κ2) is 9.94. The lowest BCUT2D eigenvalue weighted by atomic mass is 10.2. The molecule has 0 atom stereocenters. The molecule has 0 radical (unpaired) electrons. The van der Waals surface area contributed by atoms with Gasteiger partial charge in [-0.1, -0.05) is 54.6 Å². The second-order valence-corrected chi connectivity index (χ2v) is 7.46. The van der Waals surface area contributed by atoms with Crippen LogP contribution in [0.15, 0.2) is 91.0 Å². The number of hydrazine groups is 1. The SMILES string of the molecule is O=C(CCN1CCN(c2ccccc2)CC1)NN(c1ccccc1)c1ccccc1. The van der Waals surface area contributed by atoms with Crippen LogP contribution in [0.3, 0.4) is 0 Å². The minimum absolute atomic E-state index is 0.0215. The lowest BCUT2D eigenvalue weighted by Crippen LogP contribution is -2.48. The highest BCUT2D eigenvalue weighted by Gasteiger charge is 2.18. The minimum Gasteiger partial charge on any atom is -0.369 e. The first kappa shape index (κ1) is 20.0. The van der Waals surface area contributed by atoms with Crippen molar-refractivity contribution < 1.29 is 4.79 Å². The molecule has 0 spiro atoms. The Morgan fingerprint density at radius 1 is 0.733 bits per heavy atom. The summed E-state index contributed by atoms with van der Waals surface area (Å²) in [6, 6.07) is 30.4. The van der Waals surface area contributed by atoms with Crippen LogP contribution in [0.1, 0.15) is 6.42 Å². The Morgan fingerprint density at radius 3 is 1.77 bits per heavy atom. The largest absolute Gasteiger partial charge is 0.369 e. The highest BCUT2D eigenvalue weighted by atomic mass is 16.2. The van der Waals surface area contributed by atoms with E-state index in [2.05, 4.69) is 39.5 Å². The molecular formula is C25H28N4O. The molecule has 4 rings (SSSR count). The Bertz CT molecular complexity index is 870. The molecule has 3 aromatic rings. The van der Waals surface area contributed by atoms with E-state index in [1.807, 2.05) is 71.7 Å². The number of nitrogens with zero attached hydrogens (tertiary/aromatic N) is 3. The number of carbonyl (C=O) groups is 1. The third-order valence-electron chi connectivity index (χ3n) is 5.41. The van der Waals surface area contributed by atoms with Gasteiger partial charge < -0.3 is 4.90 Å². The van der Waals surface area contributed by atoms with E-state index in [1.165, 1.54) is 5.69 Å². The van der Waals surface area contributed by atoms with Crippen molar-refractivity contribution in [3.05, 3.63) is 91.0 Å². The predicted octanol–water partition coefficient (Wildman–Crippen LogP) is 4.07. The third kappa shape index (κ3) is 5.19. The molecule has 1 amide bonds. The Balaban J connectivity index is 1.30. The van der Waals surface area contributed by atoms with Crippen molar-refractivity contribution >= 4 is 23.0 Å². The highest BCUT2D eigenvalue weighted by Crippen LogP contribution is 2.22. The number of hydrogen-bond donors (Lipinski definition) is 1. The Hall–Kier alpha value is -3.31. The van der Waals surface area contributed by atoms with E-state index in [0.717, 1.165) is 44.1 Å².